The Morgan fingerprint density at radius 3 is 2.67 bits per heavy atom. The Morgan fingerprint density at radius 1 is 1.15 bits per heavy atom. The number of pyridine rings is 1. The number of aromatic nitrogens is 1. The van der Waals surface area contributed by atoms with Gasteiger partial charge in [-0.2, -0.15) is 0 Å². The summed E-state index contributed by atoms with van der Waals surface area (Å²) in [6.07, 6.45) is 0.876. The third-order valence-electron chi connectivity index (χ3n) is 5.24. The molecule has 8 heteroatoms. The third kappa shape index (κ3) is 3.30. The Hall–Kier alpha value is -3.16. The molecule has 0 spiro atoms. The number of fused-ring (bicyclic) bond motifs is 4. The van der Waals surface area contributed by atoms with Crippen LogP contribution in [0.15, 0.2) is 47.3 Å². The van der Waals surface area contributed by atoms with Crippen LogP contribution in [0.2, 0.25) is 0 Å². The maximum Gasteiger partial charge on any atom is 0.334 e. The maximum absolute atomic E-state index is 12.6. The molecule has 0 radical (unpaired) electrons. The van der Waals surface area contributed by atoms with Crippen LogP contribution < -0.4 is 10.3 Å². The second-order valence-electron chi connectivity index (χ2n) is 7.02. The van der Waals surface area contributed by atoms with Gasteiger partial charge in [0.05, 0.1) is 4.92 Å². The lowest BCUT2D eigenvalue weighted by Crippen LogP contribution is -2.50. The number of hydrogen-bond acceptors (Lipinski definition) is 5. The molecule has 2 aliphatic rings. The number of hydrogen-bond donors (Lipinski definition) is 0. The topological polar surface area (TPSA) is 94.7 Å². The average Bonchev–Trinajstić information content (AvgIpc) is 2.67. The van der Waals surface area contributed by atoms with Crippen molar-refractivity contribution in [1.29, 1.82) is 0 Å². The first-order valence-corrected chi connectivity index (χ1v) is 8.86. The summed E-state index contributed by atoms with van der Waals surface area (Å²) >= 11 is 0. The van der Waals surface area contributed by atoms with Crippen molar-refractivity contribution in [3.8, 4) is 5.75 Å². The highest BCUT2D eigenvalue weighted by Gasteiger charge is 2.37. The number of para-hydroxylation sites is 1. The summed E-state index contributed by atoms with van der Waals surface area (Å²) in [7, 11) is 0. The monoisotopic (exact) mass is 369 g/mol. The van der Waals surface area contributed by atoms with Gasteiger partial charge in [-0.05, 0) is 30.5 Å². The number of likely N-dealkylation sites (tertiary alicyclic amines) is 1. The highest BCUT2D eigenvalue weighted by atomic mass is 16.6. The molecule has 8 nitrogen and oxygen atoms in total. The smallest absolute Gasteiger partial charge is 0.334 e. The lowest BCUT2D eigenvalue weighted by molar-refractivity contribution is -0.386. The van der Waals surface area contributed by atoms with E-state index in [9.17, 15) is 19.7 Å². The number of carbonyl (C=O) groups excluding carboxylic acids is 1. The first-order chi connectivity index (χ1) is 13.0. The zero-order chi connectivity index (χ0) is 19.0. The normalized spacial score (nSPS) is 20.7. The lowest BCUT2D eigenvalue weighted by atomic mass is 9.83. The molecule has 1 fully saturated rings. The van der Waals surface area contributed by atoms with Crippen LogP contribution in [0.1, 0.15) is 18.0 Å². The van der Waals surface area contributed by atoms with Crippen LogP contribution in [0.3, 0.4) is 0 Å². The van der Waals surface area contributed by atoms with Crippen LogP contribution in [0.4, 0.5) is 5.69 Å². The molecule has 0 aliphatic carbocycles. The van der Waals surface area contributed by atoms with Gasteiger partial charge in [0.25, 0.3) is 5.91 Å². The van der Waals surface area contributed by atoms with Crippen molar-refractivity contribution < 1.29 is 14.5 Å². The minimum Gasteiger partial charge on any atom is -0.484 e. The summed E-state index contributed by atoms with van der Waals surface area (Å²) < 4.78 is 7.07. The number of rotatable bonds is 4. The average molecular weight is 369 g/mol. The van der Waals surface area contributed by atoms with Crippen LogP contribution in [0.25, 0.3) is 0 Å². The van der Waals surface area contributed by atoms with Crippen molar-refractivity contribution in [2.24, 2.45) is 5.92 Å². The van der Waals surface area contributed by atoms with Gasteiger partial charge in [0, 0.05) is 37.3 Å². The van der Waals surface area contributed by atoms with Gasteiger partial charge >= 0.3 is 11.2 Å². The zero-order valence-electron chi connectivity index (χ0n) is 14.6. The van der Waals surface area contributed by atoms with E-state index in [4.69, 9.17) is 4.74 Å². The summed E-state index contributed by atoms with van der Waals surface area (Å²) in [5, 5.41) is 11.0. The number of carbonyl (C=O) groups is 1. The Kier molecular flexibility index (Phi) is 4.39. The molecule has 2 atom stereocenters. The molecule has 0 unspecified atom stereocenters. The fraction of sp³-hybridized carbons (Fsp3) is 0.368. The quantitative estimate of drug-likeness (QED) is 0.605. The highest BCUT2D eigenvalue weighted by molar-refractivity contribution is 5.78. The van der Waals surface area contributed by atoms with Gasteiger partial charge in [0.2, 0.25) is 0 Å². The predicted molar refractivity (Wildman–Crippen MR) is 96.7 cm³/mol. The molecule has 2 bridgehead atoms. The molecule has 0 saturated carbocycles. The Labute approximate surface area is 155 Å². The fourth-order valence-electron chi connectivity index (χ4n) is 4.03. The first kappa shape index (κ1) is 17.3. The van der Waals surface area contributed by atoms with E-state index in [1.165, 1.54) is 10.6 Å². The van der Waals surface area contributed by atoms with E-state index in [2.05, 4.69) is 0 Å². The number of ether oxygens (including phenoxy) is 1. The van der Waals surface area contributed by atoms with Crippen molar-refractivity contribution in [1.82, 2.24) is 9.47 Å². The molecule has 3 heterocycles. The third-order valence-corrected chi connectivity index (χ3v) is 5.24. The lowest BCUT2D eigenvalue weighted by Gasteiger charge is -2.42. The van der Waals surface area contributed by atoms with Crippen molar-refractivity contribution >= 4 is 11.6 Å². The SMILES string of the molecule is O=C(COc1ccccc1)N1C[C@@H]2C[C@H](C1)c1ccc([N+](=O)[O-])c(=O)n1C2. The van der Waals surface area contributed by atoms with Gasteiger partial charge in [-0.3, -0.25) is 19.7 Å². The van der Waals surface area contributed by atoms with Gasteiger partial charge in [0.1, 0.15) is 5.75 Å². The number of nitrogens with zero attached hydrogens (tertiary/aromatic N) is 3. The largest absolute Gasteiger partial charge is 0.484 e. The van der Waals surface area contributed by atoms with Crippen LogP contribution in [-0.2, 0) is 11.3 Å². The molecule has 2 aromatic rings. The van der Waals surface area contributed by atoms with E-state index in [1.807, 2.05) is 18.2 Å². The van der Waals surface area contributed by atoms with Crippen LogP contribution in [-0.4, -0.2) is 40.0 Å². The molecule has 1 saturated heterocycles. The predicted octanol–water partition coefficient (Wildman–Crippen LogP) is 1.78. The summed E-state index contributed by atoms with van der Waals surface area (Å²) in [6.45, 7) is 1.39. The van der Waals surface area contributed by atoms with Crippen molar-refractivity contribution in [2.75, 3.05) is 19.7 Å². The van der Waals surface area contributed by atoms with E-state index in [0.717, 1.165) is 12.1 Å². The maximum atomic E-state index is 12.6. The van der Waals surface area contributed by atoms with Gasteiger partial charge in [-0.25, -0.2) is 0 Å². The van der Waals surface area contributed by atoms with E-state index >= 15 is 0 Å². The summed E-state index contributed by atoms with van der Waals surface area (Å²) in [6, 6.07) is 12.1. The minimum absolute atomic E-state index is 0.00618. The number of benzene rings is 1. The molecular weight excluding hydrogens is 350 g/mol. The summed E-state index contributed by atoms with van der Waals surface area (Å²) in [4.78, 5) is 37.1. The second kappa shape index (κ2) is 6.86. The Morgan fingerprint density at radius 2 is 1.93 bits per heavy atom. The number of amides is 1. The molecule has 4 rings (SSSR count). The van der Waals surface area contributed by atoms with Gasteiger partial charge in [-0.1, -0.05) is 18.2 Å². The second-order valence-corrected chi connectivity index (χ2v) is 7.02. The number of piperidine rings is 1. The van der Waals surface area contributed by atoms with Crippen molar-refractivity contribution in [2.45, 2.75) is 18.9 Å². The van der Waals surface area contributed by atoms with Gasteiger partial charge < -0.3 is 14.2 Å². The summed E-state index contributed by atoms with van der Waals surface area (Å²) in [5.74, 6) is 0.668. The van der Waals surface area contributed by atoms with E-state index in [-0.39, 0.29) is 24.3 Å². The van der Waals surface area contributed by atoms with E-state index in [0.29, 0.717) is 25.4 Å². The molecule has 1 aromatic heterocycles. The van der Waals surface area contributed by atoms with E-state index < -0.39 is 16.2 Å². The molecule has 1 aromatic carbocycles. The summed E-state index contributed by atoms with van der Waals surface area (Å²) in [5.41, 5.74) is -0.189. The molecule has 1 amide bonds. The van der Waals surface area contributed by atoms with Crippen LogP contribution in [0, 0.1) is 16.0 Å². The van der Waals surface area contributed by atoms with Crippen LogP contribution in [0.5, 0.6) is 5.75 Å². The molecule has 140 valence electrons. The van der Waals surface area contributed by atoms with Crippen molar-refractivity contribution in [3.05, 3.63) is 68.6 Å². The van der Waals surface area contributed by atoms with Gasteiger partial charge in [0.15, 0.2) is 6.61 Å². The molecular formula is C19H19N3O5. The fourth-order valence-corrected chi connectivity index (χ4v) is 4.03. The van der Waals surface area contributed by atoms with Crippen LogP contribution >= 0.6 is 0 Å². The molecule has 27 heavy (non-hydrogen) atoms. The van der Waals surface area contributed by atoms with E-state index in [1.54, 1.807) is 23.1 Å². The Bertz CT molecular complexity index is 940. The first-order valence-electron chi connectivity index (χ1n) is 8.86. The zero-order valence-corrected chi connectivity index (χ0v) is 14.6. The van der Waals surface area contributed by atoms with Gasteiger partial charge in [-0.15, -0.1) is 0 Å². The Balaban J connectivity index is 1.49. The number of nitro groups is 1. The molecule has 0 N–H and O–H groups in total. The minimum atomic E-state index is -0.642. The highest BCUT2D eigenvalue weighted by Crippen LogP contribution is 2.35. The standard InChI is InChI=1S/C19H19N3O5/c23-18(12-27-15-4-2-1-3-5-15)20-9-13-8-14(11-20)16-6-7-17(22(25)26)19(24)21(16)10-13/h1-7,13-14H,8-12H2/t13-,14+/m0/s1. The molecule has 2 aliphatic heterocycles. The van der Waals surface area contributed by atoms with Crippen molar-refractivity contribution in [3.63, 3.8) is 0 Å².